The highest BCUT2D eigenvalue weighted by atomic mass is 35.5. The minimum Gasteiger partial charge on any atom is -1.00 e. The van der Waals surface area contributed by atoms with Crippen LogP contribution >= 0.6 is 11.3 Å². The lowest BCUT2D eigenvalue weighted by molar-refractivity contribution is -0.00000644. The van der Waals surface area contributed by atoms with Gasteiger partial charge in [0.05, 0.1) is 5.39 Å². The van der Waals surface area contributed by atoms with Gasteiger partial charge in [0, 0.05) is 16.6 Å². The molecule has 1 unspecified atom stereocenters. The number of fused-ring (bicyclic) bond motifs is 4. The molecule has 3 aromatic rings. The van der Waals surface area contributed by atoms with Crippen molar-refractivity contribution in [2.45, 2.75) is 26.2 Å². The molecule has 0 amide bonds. The maximum absolute atomic E-state index is 5.46. The van der Waals surface area contributed by atoms with Gasteiger partial charge in [0.25, 0.3) is 0 Å². The summed E-state index contributed by atoms with van der Waals surface area (Å²) in [4.78, 5) is 11.5. The van der Waals surface area contributed by atoms with Crippen LogP contribution in [0.2, 0.25) is 0 Å². The number of aryl methyl sites for hydroxylation is 1. The average molecular weight is 375 g/mol. The molecule has 3 heterocycles. The van der Waals surface area contributed by atoms with Gasteiger partial charge in [-0.05, 0) is 42.9 Å². The minimum absolute atomic E-state index is 0. The van der Waals surface area contributed by atoms with E-state index >= 15 is 0 Å². The average Bonchev–Trinajstić information content (AvgIpc) is 3.18. The first-order valence-corrected chi connectivity index (χ1v) is 9.01. The van der Waals surface area contributed by atoms with Crippen molar-refractivity contribution >= 4 is 33.1 Å². The van der Waals surface area contributed by atoms with Gasteiger partial charge in [-0.15, -0.1) is 11.3 Å². The molecule has 2 aliphatic rings. The number of halogens is 1. The molecule has 0 spiro atoms. The van der Waals surface area contributed by atoms with Crippen molar-refractivity contribution in [1.29, 1.82) is 0 Å². The molecule has 1 aliphatic carbocycles. The molecular formula is C18H17ClN3O2S-. The summed E-state index contributed by atoms with van der Waals surface area (Å²) in [5.74, 6) is 3.19. The normalized spacial score (nSPS) is 17.9. The van der Waals surface area contributed by atoms with E-state index < -0.39 is 0 Å². The number of thiophene rings is 1. The van der Waals surface area contributed by atoms with Crippen LogP contribution in [0.15, 0.2) is 24.5 Å². The van der Waals surface area contributed by atoms with E-state index in [1.807, 2.05) is 29.5 Å². The second kappa shape index (κ2) is 6.35. The van der Waals surface area contributed by atoms with Gasteiger partial charge in [-0.1, -0.05) is 6.92 Å². The van der Waals surface area contributed by atoms with E-state index in [1.165, 1.54) is 22.2 Å². The lowest BCUT2D eigenvalue weighted by atomic mass is 9.89. The van der Waals surface area contributed by atoms with Crippen LogP contribution in [0.4, 0.5) is 11.5 Å². The number of nitrogens with one attached hydrogen (secondary N) is 1. The van der Waals surface area contributed by atoms with Crippen LogP contribution in [0.3, 0.4) is 0 Å². The molecule has 25 heavy (non-hydrogen) atoms. The monoisotopic (exact) mass is 374 g/mol. The van der Waals surface area contributed by atoms with E-state index in [0.717, 1.165) is 46.6 Å². The van der Waals surface area contributed by atoms with Crippen molar-refractivity contribution in [2.75, 3.05) is 12.1 Å². The van der Waals surface area contributed by atoms with E-state index in [-0.39, 0.29) is 19.2 Å². The third kappa shape index (κ3) is 2.79. The fraction of sp³-hybridized carbons (Fsp3) is 0.333. The summed E-state index contributed by atoms with van der Waals surface area (Å²) in [5, 5.41) is 4.63. The van der Waals surface area contributed by atoms with Crippen molar-refractivity contribution < 1.29 is 21.9 Å². The zero-order valence-corrected chi connectivity index (χ0v) is 15.3. The maximum Gasteiger partial charge on any atom is 0.231 e. The number of hydrogen-bond donors (Lipinski definition) is 1. The topological polar surface area (TPSA) is 56.3 Å². The molecule has 2 aromatic heterocycles. The predicted molar refractivity (Wildman–Crippen MR) is 94.5 cm³/mol. The zero-order valence-electron chi connectivity index (χ0n) is 13.7. The van der Waals surface area contributed by atoms with Gasteiger partial charge in [-0.25, -0.2) is 9.97 Å². The van der Waals surface area contributed by atoms with Crippen LogP contribution < -0.4 is 27.2 Å². The Morgan fingerprint density at radius 3 is 3.00 bits per heavy atom. The lowest BCUT2D eigenvalue weighted by Gasteiger charge is -2.18. The maximum atomic E-state index is 5.46. The fourth-order valence-electron chi connectivity index (χ4n) is 3.48. The van der Waals surface area contributed by atoms with Gasteiger partial charge in [0.1, 0.15) is 17.0 Å². The summed E-state index contributed by atoms with van der Waals surface area (Å²) in [6, 6.07) is 5.87. The van der Waals surface area contributed by atoms with Crippen molar-refractivity contribution in [2.24, 2.45) is 5.92 Å². The molecule has 0 saturated heterocycles. The van der Waals surface area contributed by atoms with Gasteiger partial charge in [-0.2, -0.15) is 0 Å². The molecule has 1 N–H and O–H groups in total. The SMILES string of the molecule is CC1CCc2c(sc3ncnc(Nc4ccc5c(c4)OCO5)c23)C1.[Cl-]. The number of anilines is 2. The van der Waals surface area contributed by atoms with Crippen LogP contribution in [0.1, 0.15) is 23.8 Å². The van der Waals surface area contributed by atoms with Crippen molar-refractivity contribution in [3.63, 3.8) is 0 Å². The summed E-state index contributed by atoms with van der Waals surface area (Å²) in [7, 11) is 0. The van der Waals surface area contributed by atoms with Gasteiger partial charge in [-0.3, -0.25) is 0 Å². The molecule has 1 aliphatic heterocycles. The first-order chi connectivity index (χ1) is 11.8. The number of hydrogen-bond acceptors (Lipinski definition) is 6. The Hall–Kier alpha value is -2.05. The van der Waals surface area contributed by atoms with E-state index in [0.29, 0.717) is 0 Å². The Balaban J connectivity index is 0.00000157. The van der Waals surface area contributed by atoms with E-state index in [9.17, 15) is 0 Å². The first-order valence-electron chi connectivity index (χ1n) is 8.20. The number of benzene rings is 1. The summed E-state index contributed by atoms with van der Waals surface area (Å²) < 4.78 is 10.8. The summed E-state index contributed by atoms with van der Waals surface area (Å²) in [6.45, 7) is 2.61. The minimum atomic E-state index is 0. The standard InChI is InChI=1S/C18H17N3O2S.ClH/c1-10-2-4-12-15(6-10)24-18-16(12)17(19-8-20-18)21-11-3-5-13-14(7-11)23-9-22-13;/h3,5,7-8,10H,2,4,6,9H2,1H3,(H,19,20,21);1H/p-1. The Morgan fingerprint density at radius 2 is 2.08 bits per heavy atom. The molecule has 130 valence electrons. The molecular weight excluding hydrogens is 358 g/mol. The van der Waals surface area contributed by atoms with Crippen LogP contribution in [0.25, 0.3) is 10.2 Å². The van der Waals surface area contributed by atoms with Crippen LogP contribution in [-0.4, -0.2) is 16.8 Å². The highest BCUT2D eigenvalue weighted by Crippen LogP contribution is 2.41. The molecule has 5 nitrogen and oxygen atoms in total. The smallest absolute Gasteiger partial charge is 0.231 e. The Labute approximate surface area is 155 Å². The molecule has 0 fully saturated rings. The third-order valence-corrected chi connectivity index (χ3v) is 5.89. The van der Waals surface area contributed by atoms with Crippen molar-refractivity contribution in [3.05, 3.63) is 35.0 Å². The first kappa shape index (κ1) is 16.4. The van der Waals surface area contributed by atoms with E-state index in [1.54, 1.807) is 6.33 Å². The predicted octanol–water partition coefficient (Wildman–Crippen LogP) is 1.29. The van der Waals surface area contributed by atoms with Crippen molar-refractivity contribution in [3.8, 4) is 11.5 Å². The Bertz CT molecular complexity index is 943. The highest BCUT2D eigenvalue weighted by molar-refractivity contribution is 7.19. The molecule has 0 bridgehead atoms. The van der Waals surface area contributed by atoms with E-state index in [2.05, 4.69) is 22.2 Å². The number of rotatable bonds is 2. The van der Waals surface area contributed by atoms with Crippen molar-refractivity contribution in [1.82, 2.24) is 9.97 Å². The van der Waals surface area contributed by atoms with Crippen LogP contribution in [-0.2, 0) is 12.8 Å². The number of ether oxygens (including phenoxy) is 2. The zero-order chi connectivity index (χ0) is 16.1. The fourth-order valence-corrected chi connectivity index (χ4v) is 4.83. The molecule has 1 aromatic carbocycles. The molecule has 0 saturated carbocycles. The van der Waals surface area contributed by atoms with Gasteiger partial charge in [0.15, 0.2) is 11.5 Å². The molecule has 1 atom stereocenters. The third-order valence-electron chi connectivity index (χ3n) is 4.73. The second-order valence-electron chi connectivity index (χ2n) is 6.45. The second-order valence-corrected chi connectivity index (χ2v) is 7.53. The quantitative estimate of drug-likeness (QED) is 0.732. The Morgan fingerprint density at radius 1 is 1.20 bits per heavy atom. The summed E-state index contributed by atoms with van der Waals surface area (Å²) >= 11 is 1.81. The number of aromatic nitrogens is 2. The van der Waals surface area contributed by atoms with Gasteiger partial charge < -0.3 is 27.2 Å². The highest BCUT2D eigenvalue weighted by Gasteiger charge is 2.23. The molecule has 5 rings (SSSR count). The van der Waals surface area contributed by atoms with Crippen LogP contribution in [0.5, 0.6) is 11.5 Å². The Kier molecular flexibility index (Phi) is 4.17. The summed E-state index contributed by atoms with van der Waals surface area (Å²) in [5.41, 5.74) is 2.38. The van der Waals surface area contributed by atoms with Crippen LogP contribution in [0, 0.1) is 5.92 Å². The largest absolute Gasteiger partial charge is 1.00 e. The summed E-state index contributed by atoms with van der Waals surface area (Å²) in [6.07, 6.45) is 5.14. The molecule has 0 radical (unpaired) electrons. The van der Waals surface area contributed by atoms with Gasteiger partial charge >= 0.3 is 0 Å². The molecule has 7 heteroatoms. The van der Waals surface area contributed by atoms with E-state index in [4.69, 9.17) is 9.47 Å². The van der Waals surface area contributed by atoms with Gasteiger partial charge in [0.2, 0.25) is 6.79 Å². The lowest BCUT2D eigenvalue weighted by Crippen LogP contribution is -3.00. The number of nitrogens with zero attached hydrogens (tertiary/aromatic N) is 2.